The highest BCUT2D eigenvalue weighted by Crippen LogP contribution is 2.31. The predicted octanol–water partition coefficient (Wildman–Crippen LogP) is 6.26. The van der Waals surface area contributed by atoms with Crippen LogP contribution < -0.4 is 5.32 Å². The first-order chi connectivity index (χ1) is 9.19. The Morgan fingerprint density at radius 3 is 2.89 bits per heavy atom. The van der Waals surface area contributed by atoms with Gasteiger partial charge < -0.3 is 5.32 Å². The number of benzene rings is 1. The van der Waals surface area contributed by atoms with Crippen molar-refractivity contribution in [2.24, 2.45) is 5.92 Å². The van der Waals surface area contributed by atoms with E-state index >= 15 is 0 Å². The fraction of sp³-hybridized carbons (Fsp3) is 0.625. The third kappa shape index (κ3) is 4.68. The summed E-state index contributed by atoms with van der Waals surface area (Å²) in [5, 5.41) is 4.46. The summed E-state index contributed by atoms with van der Waals surface area (Å²) in [5.74, 6) is 0.944. The summed E-state index contributed by atoms with van der Waals surface area (Å²) in [6, 6.07) is 6.54. The molecule has 2 unspecified atom stereocenters. The summed E-state index contributed by atoms with van der Waals surface area (Å²) in [5.41, 5.74) is 1.13. The van der Waals surface area contributed by atoms with E-state index in [1.165, 1.54) is 44.9 Å². The maximum Gasteiger partial charge on any atom is 0.0501 e. The van der Waals surface area contributed by atoms with E-state index in [1.54, 1.807) is 0 Å². The molecular formula is C16H23BrClN. The Balaban J connectivity index is 1.94. The van der Waals surface area contributed by atoms with Gasteiger partial charge in [0.2, 0.25) is 0 Å². The van der Waals surface area contributed by atoms with Crippen LogP contribution in [0, 0.1) is 5.92 Å². The van der Waals surface area contributed by atoms with E-state index in [1.807, 2.05) is 18.2 Å². The van der Waals surface area contributed by atoms with Gasteiger partial charge in [0.05, 0.1) is 5.69 Å². The van der Waals surface area contributed by atoms with E-state index in [2.05, 4.69) is 28.2 Å². The van der Waals surface area contributed by atoms with Gasteiger partial charge in [-0.3, -0.25) is 0 Å². The normalized spacial score (nSPS) is 23.9. The Bertz CT molecular complexity index is 408. The molecule has 3 heteroatoms. The van der Waals surface area contributed by atoms with Crippen LogP contribution in [0.3, 0.4) is 0 Å². The van der Waals surface area contributed by atoms with E-state index < -0.39 is 0 Å². The number of nitrogens with one attached hydrogen (secondary N) is 1. The zero-order valence-electron chi connectivity index (χ0n) is 11.6. The van der Waals surface area contributed by atoms with Crippen molar-refractivity contribution in [3.63, 3.8) is 0 Å². The molecular weight excluding hydrogens is 322 g/mol. The second kappa shape index (κ2) is 7.54. The lowest BCUT2D eigenvalue weighted by atomic mass is 9.95. The minimum Gasteiger partial charge on any atom is -0.381 e. The maximum absolute atomic E-state index is 6.07. The number of halogens is 2. The van der Waals surface area contributed by atoms with Gasteiger partial charge in [-0.25, -0.2) is 0 Å². The van der Waals surface area contributed by atoms with Crippen molar-refractivity contribution in [3.8, 4) is 0 Å². The highest BCUT2D eigenvalue weighted by Gasteiger charge is 2.18. The Hall–Kier alpha value is -0.210. The Kier molecular flexibility index (Phi) is 6.03. The van der Waals surface area contributed by atoms with Crippen molar-refractivity contribution in [3.05, 3.63) is 27.7 Å². The summed E-state index contributed by atoms with van der Waals surface area (Å²) in [6.45, 7) is 2.30. The van der Waals surface area contributed by atoms with Gasteiger partial charge in [-0.15, -0.1) is 0 Å². The van der Waals surface area contributed by atoms with Crippen LogP contribution in [0.5, 0.6) is 0 Å². The fourth-order valence-electron chi connectivity index (χ4n) is 3.05. The maximum atomic E-state index is 6.07. The SMILES string of the molecule is CCCC1CCCC(Nc2cc(Cl)ccc2Br)CC1. The summed E-state index contributed by atoms with van der Waals surface area (Å²) in [6.07, 6.45) is 9.39. The number of hydrogen-bond acceptors (Lipinski definition) is 1. The van der Waals surface area contributed by atoms with E-state index in [0.717, 1.165) is 21.1 Å². The molecule has 1 aliphatic rings. The van der Waals surface area contributed by atoms with Crippen LogP contribution in [0.1, 0.15) is 51.9 Å². The molecule has 1 aromatic carbocycles. The molecule has 1 nitrogen and oxygen atoms in total. The van der Waals surface area contributed by atoms with Gasteiger partial charge in [-0.1, -0.05) is 44.2 Å². The van der Waals surface area contributed by atoms with Crippen LogP contribution in [0.4, 0.5) is 5.69 Å². The Labute approximate surface area is 130 Å². The number of hydrogen-bond donors (Lipinski definition) is 1. The van der Waals surface area contributed by atoms with Crippen LogP contribution in [-0.2, 0) is 0 Å². The minimum atomic E-state index is 0.594. The van der Waals surface area contributed by atoms with Gasteiger partial charge >= 0.3 is 0 Å². The van der Waals surface area contributed by atoms with Crippen LogP contribution in [0.25, 0.3) is 0 Å². The van der Waals surface area contributed by atoms with Gasteiger partial charge in [0.25, 0.3) is 0 Å². The monoisotopic (exact) mass is 343 g/mol. The fourth-order valence-corrected chi connectivity index (χ4v) is 3.58. The van der Waals surface area contributed by atoms with E-state index in [4.69, 9.17) is 11.6 Å². The highest BCUT2D eigenvalue weighted by atomic mass is 79.9. The zero-order valence-corrected chi connectivity index (χ0v) is 13.9. The largest absolute Gasteiger partial charge is 0.381 e. The molecule has 0 aromatic heterocycles. The first-order valence-electron chi connectivity index (χ1n) is 7.40. The topological polar surface area (TPSA) is 12.0 Å². The van der Waals surface area contributed by atoms with Crippen molar-refractivity contribution in [1.82, 2.24) is 0 Å². The average Bonchev–Trinajstić information content (AvgIpc) is 2.60. The van der Waals surface area contributed by atoms with E-state index in [0.29, 0.717) is 6.04 Å². The molecule has 0 radical (unpaired) electrons. The Morgan fingerprint density at radius 1 is 1.26 bits per heavy atom. The lowest BCUT2D eigenvalue weighted by Gasteiger charge is -2.19. The summed E-state index contributed by atoms with van der Waals surface area (Å²) < 4.78 is 1.10. The van der Waals surface area contributed by atoms with Crippen molar-refractivity contribution in [2.75, 3.05) is 5.32 Å². The smallest absolute Gasteiger partial charge is 0.0501 e. The molecule has 106 valence electrons. The second-order valence-electron chi connectivity index (χ2n) is 5.63. The molecule has 1 saturated carbocycles. The molecule has 2 atom stereocenters. The van der Waals surface area contributed by atoms with Gasteiger partial charge in [-0.2, -0.15) is 0 Å². The number of rotatable bonds is 4. The third-order valence-corrected chi connectivity index (χ3v) is 5.00. The van der Waals surface area contributed by atoms with Crippen LogP contribution in [-0.4, -0.2) is 6.04 Å². The van der Waals surface area contributed by atoms with Gasteiger partial charge in [0.1, 0.15) is 0 Å². The molecule has 0 bridgehead atoms. The summed E-state index contributed by atoms with van der Waals surface area (Å²) in [4.78, 5) is 0. The van der Waals surface area contributed by atoms with E-state index in [-0.39, 0.29) is 0 Å². The molecule has 1 aromatic rings. The molecule has 1 fully saturated rings. The lowest BCUT2D eigenvalue weighted by molar-refractivity contribution is 0.422. The van der Waals surface area contributed by atoms with Crippen molar-refractivity contribution >= 4 is 33.2 Å². The standard InChI is InChI=1S/C16H23BrClN/c1-2-4-12-5-3-6-14(9-7-12)19-16-11-13(18)8-10-15(16)17/h8,10-12,14,19H,2-7,9H2,1H3. The van der Waals surface area contributed by atoms with Gasteiger partial charge in [-0.05, 0) is 59.3 Å². The molecule has 1 aliphatic carbocycles. The molecule has 0 amide bonds. The first kappa shape index (κ1) is 15.2. The molecule has 1 N–H and O–H groups in total. The molecule has 0 aliphatic heterocycles. The first-order valence-corrected chi connectivity index (χ1v) is 8.57. The minimum absolute atomic E-state index is 0.594. The highest BCUT2D eigenvalue weighted by molar-refractivity contribution is 9.10. The molecule has 19 heavy (non-hydrogen) atoms. The number of anilines is 1. The molecule has 2 rings (SSSR count). The second-order valence-corrected chi connectivity index (χ2v) is 6.92. The molecule has 0 heterocycles. The Morgan fingerprint density at radius 2 is 2.11 bits per heavy atom. The van der Waals surface area contributed by atoms with Crippen LogP contribution in [0.15, 0.2) is 22.7 Å². The summed E-state index contributed by atoms with van der Waals surface area (Å²) in [7, 11) is 0. The van der Waals surface area contributed by atoms with Crippen molar-refractivity contribution in [1.29, 1.82) is 0 Å². The quantitative estimate of drug-likeness (QED) is 0.635. The molecule has 0 spiro atoms. The zero-order chi connectivity index (χ0) is 13.7. The average molecular weight is 345 g/mol. The summed E-state index contributed by atoms with van der Waals surface area (Å²) >= 11 is 9.66. The van der Waals surface area contributed by atoms with Gasteiger partial charge in [0, 0.05) is 15.5 Å². The van der Waals surface area contributed by atoms with Crippen LogP contribution >= 0.6 is 27.5 Å². The lowest BCUT2D eigenvalue weighted by Crippen LogP contribution is -2.18. The van der Waals surface area contributed by atoms with Gasteiger partial charge in [0.15, 0.2) is 0 Å². The third-order valence-electron chi connectivity index (χ3n) is 4.07. The van der Waals surface area contributed by atoms with E-state index in [9.17, 15) is 0 Å². The van der Waals surface area contributed by atoms with Crippen molar-refractivity contribution in [2.45, 2.75) is 57.9 Å². The van der Waals surface area contributed by atoms with Crippen molar-refractivity contribution < 1.29 is 0 Å². The van der Waals surface area contributed by atoms with Crippen LogP contribution in [0.2, 0.25) is 5.02 Å². The molecule has 0 saturated heterocycles. The predicted molar refractivity (Wildman–Crippen MR) is 88.0 cm³/mol.